The van der Waals surface area contributed by atoms with Crippen LogP contribution in [0.1, 0.15) is 41.0 Å². The van der Waals surface area contributed by atoms with Crippen LogP contribution < -0.4 is 0 Å². The summed E-state index contributed by atoms with van der Waals surface area (Å²) < 4.78 is 4.94. The predicted octanol–water partition coefficient (Wildman–Crippen LogP) is 2.93. The molecule has 2 nitrogen and oxygen atoms in total. The molecule has 0 heterocycles. The molecule has 0 aliphatic heterocycles. The number of hydrogen-bond donors (Lipinski definition) is 0. The molecule has 0 aromatic heterocycles. The number of rotatable bonds is 3. The molecular weight excluding hydrogens is 164 g/mol. The second-order valence-corrected chi connectivity index (χ2v) is 4.24. The summed E-state index contributed by atoms with van der Waals surface area (Å²) >= 11 is 0. The molecule has 0 amide bonds. The number of hydrogen-bond acceptors (Lipinski definition) is 2. The molecule has 0 spiro atoms. The molecule has 0 saturated carbocycles. The van der Waals surface area contributed by atoms with Gasteiger partial charge in [-0.2, -0.15) is 0 Å². The van der Waals surface area contributed by atoms with Gasteiger partial charge < -0.3 is 4.74 Å². The van der Waals surface area contributed by atoms with E-state index in [1.165, 1.54) is 0 Å². The molecule has 2 heteroatoms. The molecule has 0 fully saturated rings. The van der Waals surface area contributed by atoms with E-state index in [0.29, 0.717) is 6.61 Å². The van der Waals surface area contributed by atoms with E-state index in [-0.39, 0.29) is 11.4 Å². The normalized spacial score (nSPS) is 12.8. The first kappa shape index (κ1) is 12.2. The van der Waals surface area contributed by atoms with E-state index in [4.69, 9.17) is 4.74 Å². The Hall–Kier alpha value is -0.790. The quantitative estimate of drug-likeness (QED) is 0.498. The van der Waals surface area contributed by atoms with E-state index >= 15 is 0 Å². The maximum absolute atomic E-state index is 11.2. The maximum atomic E-state index is 11.2. The lowest BCUT2D eigenvalue weighted by molar-refractivity contribution is -0.137. The Morgan fingerprint density at radius 1 is 1.38 bits per heavy atom. The average Bonchev–Trinajstić information content (AvgIpc) is 1.99. The molecule has 0 rings (SSSR count). The number of esters is 1. The van der Waals surface area contributed by atoms with Crippen molar-refractivity contribution in [3.63, 3.8) is 0 Å². The Morgan fingerprint density at radius 3 is 2.31 bits per heavy atom. The lowest BCUT2D eigenvalue weighted by Gasteiger charge is -2.18. The fraction of sp³-hybridized carbons (Fsp3) is 0.727. The molecule has 0 aromatic carbocycles. The fourth-order valence-corrected chi connectivity index (χ4v) is 0.638. The number of carbonyl (C=O) groups excluding carboxylic acids is 1. The van der Waals surface area contributed by atoms with Crippen molar-refractivity contribution in [3.8, 4) is 0 Å². The summed E-state index contributed by atoms with van der Waals surface area (Å²) in [5.41, 5.74) is 1.10. The van der Waals surface area contributed by atoms with Crippen molar-refractivity contribution >= 4 is 5.97 Å². The molecular formula is C11H20O2. The van der Waals surface area contributed by atoms with Gasteiger partial charge in [-0.3, -0.25) is 0 Å². The Bertz CT molecular complexity index is 197. The molecule has 0 aliphatic rings. The molecule has 0 bridgehead atoms. The lowest BCUT2D eigenvalue weighted by Crippen LogP contribution is -2.10. The van der Waals surface area contributed by atoms with Crippen LogP contribution in [0.5, 0.6) is 0 Å². The average molecular weight is 184 g/mol. The fourth-order valence-electron chi connectivity index (χ4n) is 0.638. The first-order chi connectivity index (χ1) is 5.88. The van der Waals surface area contributed by atoms with Gasteiger partial charge in [-0.25, -0.2) is 4.79 Å². The summed E-state index contributed by atoms with van der Waals surface area (Å²) in [5, 5.41) is 0. The van der Waals surface area contributed by atoms with Crippen LogP contribution in [0.2, 0.25) is 0 Å². The van der Waals surface area contributed by atoms with Crippen molar-refractivity contribution in [1.82, 2.24) is 0 Å². The van der Waals surface area contributed by atoms with Crippen molar-refractivity contribution in [1.29, 1.82) is 0 Å². The SMILES string of the molecule is CCCOC(=O)/C=C(\C)C(C)(C)C. The van der Waals surface area contributed by atoms with Crippen LogP contribution in [0, 0.1) is 5.41 Å². The van der Waals surface area contributed by atoms with E-state index in [0.717, 1.165) is 12.0 Å². The third-order valence-corrected chi connectivity index (χ3v) is 1.97. The Labute approximate surface area is 81.0 Å². The molecule has 0 radical (unpaired) electrons. The summed E-state index contributed by atoms with van der Waals surface area (Å²) in [6.45, 7) is 10.7. The molecule has 0 atom stereocenters. The van der Waals surface area contributed by atoms with Gasteiger partial charge in [0.15, 0.2) is 0 Å². The van der Waals surface area contributed by atoms with Gasteiger partial charge in [0.2, 0.25) is 0 Å². The molecule has 0 saturated heterocycles. The van der Waals surface area contributed by atoms with Crippen molar-refractivity contribution in [3.05, 3.63) is 11.6 Å². The predicted molar refractivity (Wildman–Crippen MR) is 54.5 cm³/mol. The molecule has 76 valence electrons. The van der Waals surface area contributed by atoms with Crippen molar-refractivity contribution in [2.24, 2.45) is 5.41 Å². The van der Waals surface area contributed by atoms with Gasteiger partial charge in [0, 0.05) is 6.08 Å². The van der Waals surface area contributed by atoms with E-state index in [1.807, 2.05) is 13.8 Å². The van der Waals surface area contributed by atoms with Crippen LogP contribution in [0.25, 0.3) is 0 Å². The Kier molecular flexibility index (Phi) is 4.74. The first-order valence-electron chi connectivity index (χ1n) is 4.73. The van der Waals surface area contributed by atoms with Crippen LogP contribution >= 0.6 is 0 Å². The minimum Gasteiger partial charge on any atom is -0.463 e. The van der Waals surface area contributed by atoms with Gasteiger partial charge in [-0.1, -0.05) is 33.3 Å². The summed E-state index contributed by atoms with van der Waals surface area (Å²) in [7, 11) is 0. The molecule has 13 heavy (non-hydrogen) atoms. The molecule has 0 N–H and O–H groups in total. The van der Waals surface area contributed by atoms with Crippen molar-refractivity contribution in [2.75, 3.05) is 6.61 Å². The number of carbonyl (C=O) groups is 1. The van der Waals surface area contributed by atoms with Crippen LogP contribution in [-0.2, 0) is 9.53 Å². The highest BCUT2D eigenvalue weighted by atomic mass is 16.5. The highest BCUT2D eigenvalue weighted by Crippen LogP contribution is 2.23. The van der Waals surface area contributed by atoms with E-state index in [9.17, 15) is 4.79 Å². The van der Waals surface area contributed by atoms with E-state index in [1.54, 1.807) is 6.08 Å². The highest BCUT2D eigenvalue weighted by molar-refractivity contribution is 5.82. The van der Waals surface area contributed by atoms with Gasteiger partial charge in [0.1, 0.15) is 0 Å². The van der Waals surface area contributed by atoms with Gasteiger partial charge in [-0.05, 0) is 18.8 Å². The van der Waals surface area contributed by atoms with Crippen LogP contribution in [0.15, 0.2) is 11.6 Å². The summed E-state index contributed by atoms with van der Waals surface area (Å²) in [4.78, 5) is 11.2. The molecule has 0 aromatic rings. The standard InChI is InChI=1S/C11H20O2/c1-6-7-13-10(12)8-9(2)11(3,4)5/h8H,6-7H2,1-5H3/b9-8+. The van der Waals surface area contributed by atoms with Crippen LogP contribution in [0.4, 0.5) is 0 Å². The van der Waals surface area contributed by atoms with Crippen molar-refractivity contribution < 1.29 is 9.53 Å². The van der Waals surface area contributed by atoms with Crippen molar-refractivity contribution in [2.45, 2.75) is 41.0 Å². The number of allylic oxidation sites excluding steroid dienone is 1. The van der Waals surface area contributed by atoms with Gasteiger partial charge in [-0.15, -0.1) is 0 Å². The first-order valence-corrected chi connectivity index (χ1v) is 4.73. The van der Waals surface area contributed by atoms with E-state index < -0.39 is 0 Å². The number of ether oxygens (including phenoxy) is 1. The minimum absolute atomic E-state index is 0.0469. The van der Waals surface area contributed by atoms with Gasteiger partial charge >= 0.3 is 5.97 Å². The minimum atomic E-state index is -0.228. The monoisotopic (exact) mass is 184 g/mol. The summed E-state index contributed by atoms with van der Waals surface area (Å²) in [6, 6.07) is 0. The van der Waals surface area contributed by atoms with Crippen LogP contribution in [-0.4, -0.2) is 12.6 Å². The molecule has 0 unspecified atom stereocenters. The second-order valence-electron chi connectivity index (χ2n) is 4.24. The highest BCUT2D eigenvalue weighted by Gasteiger charge is 2.13. The summed E-state index contributed by atoms with van der Waals surface area (Å²) in [6.07, 6.45) is 2.45. The topological polar surface area (TPSA) is 26.3 Å². The second kappa shape index (κ2) is 5.05. The van der Waals surface area contributed by atoms with E-state index in [2.05, 4.69) is 20.8 Å². The smallest absolute Gasteiger partial charge is 0.330 e. The zero-order chi connectivity index (χ0) is 10.5. The van der Waals surface area contributed by atoms with Gasteiger partial charge in [0.05, 0.1) is 6.61 Å². The zero-order valence-corrected chi connectivity index (χ0v) is 9.31. The van der Waals surface area contributed by atoms with Crippen LogP contribution in [0.3, 0.4) is 0 Å². The Morgan fingerprint density at radius 2 is 1.92 bits per heavy atom. The third-order valence-electron chi connectivity index (χ3n) is 1.97. The zero-order valence-electron chi connectivity index (χ0n) is 9.31. The maximum Gasteiger partial charge on any atom is 0.330 e. The summed E-state index contributed by atoms with van der Waals surface area (Å²) in [5.74, 6) is -0.228. The third kappa shape index (κ3) is 5.45. The lowest BCUT2D eigenvalue weighted by atomic mass is 9.87. The Balaban J connectivity index is 4.15. The van der Waals surface area contributed by atoms with Gasteiger partial charge in [0.25, 0.3) is 0 Å². The largest absolute Gasteiger partial charge is 0.463 e. The molecule has 0 aliphatic carbocycles.